The molecular formula is C111H142BrCl2IMgN18O15. The maximum absolute atomic E-state index is 12.1. The van der Waals surface area contributed by atoms with Crippen LogP contribution >= 0.6 is 46.6 Å². The molecule has 4 N–H and O–H groups in total. The number of nitriles is 1. The number of carbonyl (C=O) groups is 5. The number of para-hydroxylation sites is 2. The van der Waals surface area contributed by atoms with E-state index >= 15 is 0 Å². The third-order valence-corrected chi connectivity index (χ3v) is 24.4. The van der Waals surface area contributed by atoms with Crippen LogP contribution in [0.25, 0.3) is 48.9 Å². The number of carbonyl (C=O) groups excluding carboxylic acids is 5. The largest absolute Gasteiger partial charge is 2.00 e. The molecule has 4 aromatic carbocycles. The Bertz CT molecular complexity index is 6150. The van der Waals surface area contributed by atoms with Crippen molar-refractivity contribution in [1.29, 1.82) is 5.26 Å². The molecule has 38 heteroatoms. The van der Waals surface area contributed by atoms with Gasteiger partial charge < -0.3 is 117 Å². The SMILES string of the molecule is CC(C)(C)OC(=O)N1CCCCC1.CC(C)(C)OC(=O)N1CCN(c2ccc(C(C)(C)O)cn2)CC1.CC(C)(O)c1ccc(N2CCNCC2)nc1.CCOC(=O)c1ccc(Cl)nc1.CCOC(=O)c1ccc(N2CCN(C(=O)OC(C)(C)C)CC2)nc1.COc1c(I)cnc2c(-c3ccc(C#N)cc3)cccc12.Cl.[Br-].[C-]#[N+]c1ccc(-c2cccc3c(OC)c(N4CCN(c5ccc(C(C)(C)O)cn5)CC4)cnc23)cc1.[CH3-].[Mg+2]. The number of nitrogens with one attached hydrogen (secondary N) is 1. The van der Waals surface area contributed by atoms with E-state index < -0.39 is 28.0 Å². The molecule has 149 heavy (non-hydrogen) atoms. The quantitative estimate of drug-likeness (QED) is 0.0174. The third-order valence-electron chi connectivity index (χ3n) is 23.4. The Kier molecular flexibility index (Phi) is 49.4. The van der Waals surface area contributed by atoms with Crippen molar-refractivity contribution in [3.63, 3.8) is 0 Å². The molecule has 16 rings (SSSR count). The molecule has 0 atom stereocenters. The Morgan fingerprint density at radius 2 is 0.785 bits per heavy atom. The summed E-state index contributed by atoms with van der Waals surface area (Å²) in [7, 11) is 3.38. The molecule has 0 bridgehead atoms. The van der Waals surface area contributed by atoms with Crippen LogP contribution in [-0.4, -0.2) is 280 Å². The number of fused-ring (bicyclic) bond motifs is 2. The van der Waals surface area contributed by atoms with Gasteiger partial charge in [0.25, 0.3) is 0 Å². The molecular weight excluding hydrogens is 2130 g/mol. The van der Waals surface area contributed by atoms with Gasteiger partial charge in [-0.2, -0.15) is 5.26 Å². The number of likely N-dealkylation sites (tertiary alicyclic amines) is 1. The fourth-order valence-electron chi connectivity index (χ4n) is 15.7. The van der Waals surface area contributed by atoms with E-state index in [1.165, 1.54) is 18.8 Å². The maximum Gasteiger partial charge on any atom is 2.00 e. The number of nitrogens with zero attached hydrogens (tertiary/aromatic N) is 17. The van der Waals surface area contributed by atoms with Gasteiger partial charge in [0.1, 0.15) is 51.0 Å². The number of ether oxygens (including phenoxy) is 7. The summed E-state index contributed by atoms with van der Waals surface area (Å²) in [5.74, 6) is 4.48. The smallest absolute Gasteiger partial charge is 1.00 e. The van der Waals surface area contributed by atoms with Gasteiger partial charge in [-0.25, -0.2) is 53.7 Å². The predicted molar refractivity (Wildman–Crippen MR) is 596 cm³/mol. The second-order valence-corrected chi connectivity index (χ2v) is 40.9. The van der Waals surface area contributed by atoms with Crippen molar-refractivity contribution < 1.29 is 89.4 Å². The van der Waals surface area contributed by atoms with Crippen LogP contribution < -0.4 is 56.3 Å². The van der Waals surface area contributed by atoms with Crippen LogP contribution in [0, 0.1) is 28.9 Å². The van der Waals surface area contributed by atoms with E-state index in [1.807, 2.05) is 190 Å². The molecule has 0 aliphatic carbocycles. The molecule has 5 aliphatic heterocycles. The number of piperazine rings is 4. The summed E-state index contributed by atoms with van der Waals surface area (Å²) in [6.45, 7) is 53.0. The Morgan fingerprint density at radius 3 is 1.13 bits per heavy atom. The molecule has 796 valence electrons. The fraction of sp³-hybridized carbons (Fsp3) is 0.432. The third kappa shape index (κ3) is 38.2. The van der Waals surface area contributed by atoms with E-state index in [9.17, 15) is 39.3 Å². The van der Waals surface area contributed by atoms with Crippen molar-refractivity contribution >= 4 is 156 Å². The number of aromatic nitrogens is 7. The number of methoxy groups -OCH3 is 2. The zero-order chi connectivity index (χ0) is 106. The number of aliphatic hydroxyl groups is 3. The average Bonchev–Trinajstić information content (AvgIpc) is 0.763. The molecule has 7 aromatic heterocycles. The second-order valence-electron chi connectivity index (χ2n) is 39.3. The number of rotatable bonds is 16. The summed E-state index contributed by atoms with van der Waals surface area (Å²) in [4.78, 5) is 109. The minimum atomic E-state index is -0.898. The van der Waals surface area contributed by atoms with Crippen molar-refractivity contribution in [2.24, 2.45) is 0 Å². The van der Waals surface area contributed by atoms with Gasteiger partial charge >= 0.3 is 53.3 Å². The molecule has 5 fully saturated rings. The first-order chi connectivity index (χ1) is 68.8. The van der Waals surface area contributed by atoms with Crippen molar-refractivity contribution in [2.75, 3.05) is 170 Å². The molecule has 0 unspecified atom stereocenters. The number of piperidine rings is 1. The Labute approximate surface area is 928 Å². The number of halogens is 4. The van der Waals surface area contributed by atoms with Crippen LogP contribution in [-0.2, 0) is 40.5 Å². The number of pyridine rings is 7. The number of esters is 2. The Balaban J connectivity index is 0.000000272. The van der Waals surface area contributed by atoms with Crippen LogP contribution in [0.5, 0.6) is 11.5 Å². The van der Waals surface area contributed by atoms with Crippen molar-refractivity contribution in [2.45, 2.75) is 171 Å². The van der Waals surface area contributed by atoms with Gasteiger partial charge in [-0.05, 0) is 237 Å². The maximum atomic E-state index is 12.1. The molecule has 0 spiro atoms. The first-order valence-electron chi connectivity index (χ1n) is 48.7. The number of hydrogen-bond acceptors (Lipinski definition) is 29. The van der Waals surface area contributed by atoms with E-state index in [2.05, 4.69) is 99.3 Å². The van der Waals surface area contributed by atoms with Gasteiger partial charge in [0, 0.05) is 194 Å². The summed E-state index contributed by atoms with van der Waals surface area (Å²) in [5, 5.41) is 44.5. The predicted octanol–water partition coefficient (Wildman–Crippen LogP) is 17.0. The number of benzene rings is 4. The Hall–Kier alpha value is -11.8. The second kappa shape index (κ2) is 58.5. The molecule has 3 amide bonds. The van der Waals surface area contributed by atoms with Crippen LogP contribution in [0.4, 0.5) is 49.0 Å². The summed E-state index contributed by atoms with van der Waals surface area (Å²) >= 11 is 7.75. The van der Waals surface area contributed by atoms with E-state index in [0.717, 1.165) is 183 Å². The molecule has 33 nitrogen and oxygen atoms in total. The van der Waals surface area contributed by atoms with E-state index in [-0.39, 0.29) is 95.7 Å². The van der Waals surface area contributed by atoms with E-state index in [0.29, 0.717) is 93.1 Å². The molecule has 12 heterocycles. The summed E-state index contributed by atoms with van der Waals surface area (Å²) in [5.41, 5.74) is 7.52. The van der Waals surface area contributed by atoms with Crippen molar-refractivity contribution in [3.8, 4) is 39.8 Å². The molecule has 5 aliphatic rings. The Morgan fingerprint density at radius 1 is 0.436 bits per heavy atom. The topological polar surface area (TPSA) is 367 Å². The number of hydrogen-bond donors (Lipinski definition) is 4. The minimum absolute atomic E-state index is 0. The van der Waals surface area contributed by atoms with Gasteiger partial charge in [-0.3, -0.25) is 9.97 Å². The van der Waals surface area contributed by atoms with Gasteiger partial charge in [-0.15, -0.1) is 12.4 Å². The summed E-state index contributed by atoms with van der Waals surface area (Å²) < 4.78 is 38.1. The first kappa shape index (κ1) is 126. The van der Waals surface area contributed by atoms with E-state index in [4.69, 9.17) is 61.6 Å². The van der Waals surface area contributed by atoms with E-state index in [1.54, 1.807) is 127 Å². The normalized spacial score (nSPS) is 14.1. The van der Waals surface area contributed by atoms with Gasteiger partial charge in [0.05, 0.1) is 100 Å². The van der Waals surface area contributed by atoms with Crippen molar-refractivity contribution in [1.82, 2.24) is 54.9 Å². The van der Waals surface area contributed by atoms with Gasteiger partial charge in [0.2, 0.25) is 0 Å². The fourth-order valence-corrected chi connectivity index (χ4v) is 16.5. The average molecular weight is 2270 g/mol. The molecule has 0 radical (unpaired) electrons. The number of anilines is 5. The minimum Gasteiger partial charge on any atom is -1.00 e. The van der Waals surface area contributed by atoms with Crippen LogP contribution in [0.2, 0.25) is 5.15 Å². The molecule has 0 saturated carbocycles. The molecule has 5 saturated heterocycles. The standard InChI is InChI=1S/C29H29N5O2.C17H11IN2O.C17H25N3O4.C17H27N3O3.C12H19N3O.C10H19NO2.C8H8ClNO2.CH3.BrH.ClH.Mg/c1-29(2,35)21-10-13-26(31-18-21)34-16-14-33(15-17-34)25-19-32-27-23(6-5-7-24(27)28(25)36-4)20-8-11-22(30-3)12-9-20;1-21-17-14-4-2-3-13(16(14)20-10-15(17)18)12-7-5-11(9-19)6-8-12;1-5-23-15(21)13-6-7-14(18-12-13)19-8-10-20(11-9-19)16(22)24-17(2,3)4;1-16(2,3)23-15(21)20-10-8-19(9-11-20)14-7-6-13(12-18-14)17(4,5)22;1-12(2,16)10-3-4-11(14-9-10)15-7-5-13-6-8-15;1-10(2,3)13-9(12)11-7-5-4-6-8-11;1-2-12-8(11)6-3-4-7(9)10-5-6;;;;/h5-13,18-19,35H,14-17H2,1-2,4H3;2-8,10H,1H3;6-7,12H,5,8-11H2,1-4H3;6-7,12,22H,8-11H2,1-5H3;3-4,9,13,16H,5-8H2,1-2H3;4-8H2,1-3H3;3-5H,2H2,1H3;1H3;2*1H;/q;;;;;;;-1;;;+2/p-1. The van der Waals surface area contributed by atoms with Gasteiger partial charge in [-0.1, -0.05) is 90.5 Å². The van der Waals surface area contributed by atoms with Gasteiger partial charge in [0.15, 0.2) is 11.4 Å². The van der Waals surface area contributed by atoms with Crippen LogP contribution in [0.3, 0.4) is 0 Å². The zero-order valence-electron chi connectivity index (χ0n) is 89.3. The van der Waals surface area contributed by atoms with Crippen LogP contribution in [0.1, 0.15) is 180 Å². The first-order valence-corrected chi connectivity index (χ1v) is 50.2. The zero-order valence-corrected chi connectivity index (χ0v) is 96.0. The molecule has 11 aromatic rings. The van der Waals surface area contributed by atoms with Crippen LogP contribution in [0.15, 0.2) is 189 Å². The van der Waals surface area contributed by atoms with Crippen molar-refractivity contribution in [3.05, 3.63) is 250 Å². The number of amides is 3. The monoisotopic (exact) mass is 2270 g/mol. The summed E-state index contributed by atoms with van der Waals surface area (Å²) in [6, 6.07) is 47.7. The summed E-state index contributed by atoms with van der Waals surface area (Å²) in [6.07, 6.45) is 14.6.